The number of carbonyl (C=O) groups is 3. The molecule has 0 aliphatic carbocycles. The van der Waals surface area contributed by atoms with Crippen LogP contribution in [0, 0.1) is 6.92 Å². The predicted molar refractivity (Wildman–Crippen MR) is 139 cm³/mol. The summed E-state index contributed by atoms with van der Waals surface area (Å²) in [5.74, 6) is -2.08. The van der Waals surface area contributed by atoms with Crippen LogP contribution in [0.2, 0.25) is 0 Å². The monoisotopic (exact) mass is 556 g/mol. The molecule has 1 heterocycles. The van der Waals surface area contributed by atoms with E-state index in [1.165, 1.54) is 11.8 Å². The van der Waals surface area contributed by atoms with Crippen molar-refractivity contribution in [3.05, 3.63) is 94.5 Å². The van der Waals surface area contributed by atoms with E-state index in [2.05, 4.69) is 10.1 Å². The summed E-state index contributed by atoms with van der Waals surface area (Å²) in [7, 11) is 0.959. The summed E-state index contributed by atoms with van der Waals surface area (Å²) < 4.78 is 57.5. The molecule has 0 spiro atoms. The van der Waals surface area contributed by atoms with E-state index >= 15 is 0 Å². The fourth-order valence-electron chi connectivity index (χ4n) is 4.40. The number of nitrogens with zero attached hydrogens (tertiary/aromatic N) is 1. The van der Waals surface area contributed by atoms with Crippen molar-refractivity contribution in [1.29, 1.82) is 0 Å². The number of alkyl carbamates (subject to hydrolysis) is 1. The first kappa shape index (κ1) is 28.5. The lowest BCUT2D eigenvalue weighted by Gasteiger charge is -2.41. The summed E-state index contributed by atoms with van der Waals surface area (Å²) in [5, 5.41) is 2.54. The molecular weight excluding hydrogens is 529 g/mol. The van der Waals surface area contributed by atoms with Gasteiger partial charge in [0.15, 0.2) is 0 Å². The van der Waals surface area contributed by atoms with E-state index in [0.29, 0.717) is 11.6 Å². The lowest BCUT2D eigenvalue weighted by atomic mass is 9.90. The molecule has 0 aromatic heterocycles. The molecule has 1 unspecified atom stereocenters. The van der Waals surface area contributed by atoms with E-state index in [0.717, 1.165) is 24.3 Å². The third-order valence-electron chi connectivity index (χ3n) is 6.45. The number of alkyl halides is 3. The van der Waals surface area contributed by atoms with E-state index in [4.69, 9.17) is 9.47 Å². The maximum Gasteiger partial charge on any atom is 0.417 e. The van der Waals surface area contributed by atoms with E-state index < -0.39 is 40.9 Å². The quantitative estimate of drug-likeness (QED) is 0.394. The Balaban J connectivity index is 1.67. The highest BCUT2D eigenvalue weighted by Gasteiger charge is 2.48. The molecule has 0 saturated carbocycles. The first-order valence-corrected chi connectivity index (χ1v) is 12.3. The molecule has 0 saturated heterocycles. The average molecular weight is 557 g/mol. The molecule has 1 aliphatic rings. The van der Waals surface area contributed by atoms with Crippen LogP contribution in [0.1, 0.15) is 39.5 Å². The highest BCUT2D eigenvalue weighted by atomic mass is 19.4. The van der Waals surface area contributed by atoms with Crippen molar-refractivity contribution in [3.63, 3.8) is 0 Å². The standard InChI is InChI=1S/C29H27F3N2O6/c1-18-8-7-11-20(14-18)28(2)26(36)34(13-12-33-27(37)39-17-19-9-5-4-6-10-19)23-15-21(25(35)38-3)22(29(30,31)32)16-24(23)40-28/h4-11,14-16H,12-13,17H2,1-3H3,(H,33,37). The molecule has 3 aromatic carbocycles. The van der Waals surface area contributed by atoms with Gasteiger partial charge in [-0.05, 0) is 31.5 Å². The Labute approximate surface area is 228 Å². The van der Waals surface area contributed by atoms with Crippen LogP contribution >= 0.6 is 0 Å². The SMILES string of the molecule is COC(=O)c1cc2c(cc1C(F)(F)F)OC(C)(c1cccc(C)c1)C(=O)N2CCNC(=O)OCc1ccccc1. The zero-order valence-electron chi connectivity index (χ0n) is 22.0. The molecule has 1 N–H and O–H groups in total. The molecule has 210 valence electrons. The van der Waals surface area contributed by atoms with E-state index in [-0.39, 0.29) is 31.1 Å². The van der Waals surface area contributed by atoms with Crippen molar-refractivity contribution >= 4 is 23.7 Å². The van der Waals surface area contributed by atoms with Crippen molar-refractivity contribution in [3.8, 4) is 5.75 Å². The highest BCUT2D eigenvalue weighted by Crippen LogP contribution is 2.46. The normalized spacial score (nSPS) is 16.6. The fourth-order valence-corrected chi connectivity index (χ4v) is 4.40. The van der Waals surface area contributed by atoms with Gasteiger partial charge in [-0.1, -0.05) is 60.2 Å². The Kier molecular flexibility index (Phi) is 8.03. The van der Waals surface area contributed by atoms with Crippen LogP contribution in [0.15, 0.2) is 66.7 Å². The summed E-state index contributed by atoms with van der Waals surface area (Å²) in [6.45, 7) is 3.05. The number of ether oxygens (including phenoxy) is 3. The summed E-state index contributed by atoms with van der Waals surface area (Å²) in [4.78, 5) is 39.6. The number of benzene rings is 3. The number of fused-ring (bicyclic) bond motifs is 1. The van der Waals surface area contributed by atoms with Crippen LogP contribution in [0.4, 0.5) is 23.7 Å². The molecule has 0 fully saturated rings. The second kappa shape index (κ2) is 11.3. The van der Waals surface area contributed by atoms with Crippen molar-refractivity contribution in [2.75, 3.05) is 25.1 Å². The summed E-state index contributed by atoms with van der Waals surface area (Å²) in [5.41, 5.74) is -1.78. The summed E-state index contributed by atoms with van der Waals surface area (Å²) in [6.07, 6.45) is -5.65. The molecule has 4 rings (SSSR count). The largest absolute Gasteiger partial charge is 0.471 e. The van der Waals surface area contributed by atoms with E-state index in [9.17, 15) is 27.6 Å². The Morgan fingerprint density at radius 1 is 1.05 bits per heavy atom. The number of aryl methyl sites for hydroxylation is 1. The number of hydrogen-bond donors (Lipinski definition) is 1. The average Bonchev–Trinajstić information content (AvgIpc) is 2.93. The number of carbonyl (C=O) groups excluding carboxylic acids is 3. The molecule has 1 aliphatic heterocycles. The molecule has 8 nitrogen and oxygen atoms in total. The minimum absolute atomic E-state index is 0.0279. The van der Waals surface area contributed by atoms with Gasteiger partial charge in [-0.3, -0.25) is 4.79 Å². The molecule has 2 amide bonds. The van der Waals surface area contributed by atoms with Crippen LogP contribution < -0.4 is 15.0 Å². The lowest BCUT2D eigenvalue weighted by molar-refractivity contribution is -0.138. The maximum absolute atomic E-state index is 13.9. The van der Waals surface area contributed by atoms with Crippen molar-refractivity contribution in [2.45, 2.75) is 32.2 Å². The fraction of sp³-hybridized carbons (Fsp3) is 0.276. The number of anilines is 1. The topological polar surface area (TPSA) is 94.2 Å². The van der Waals surface area contributed by atoms with Gasteiger partial charge in [0.2, 0.25) is 5.60 Å². The van der Waals surface area contributed by atoms with Crippen LogP contribution in [0.5, 0.6) is 5.75 Å². The zero-order valence-corrected chi connectivity index (χ0v) is 22.0. The maximum atomic E-state index is 13.9. The van der Waals surface area contributed by atoms with E-state index in [1.54, 1.807) is 55.5 Å². The molecular formula is C29H27F3N2O6. The molecule has 0 bridgehead atoms. The number of methoxy groups -OCH3 is 1. The van der Waals surface area contributed by atoms with Crippen molar-refractivity contribution in [1.82, 2.24) is 5.32 Å². The molecule has 40 heavy (non-hydrogen) atoms. The minimum atomic E-state index is -4.90. The van der Waals surface area contributed by atoms with Gasteiger partial charge >= 0.3 is 18.2 Å². The van der Waals surface area contributed by atoms with Gasteiger partial charge in [0.1, 0.15) is 12.4 Å². The third kappa shape index (κ3) is 5.88. The van der Waals surface area contributed by atoms with Gasteiger partial charge < -0.3 is 24.4 Å². The van der Waals surface area contributed by atoms with Gasteiger partial charge in [0, 0.05) is 18.7 Å². The van der Waals surface area contributed by atoms with Crippen LogP contribution in [0.3, 0.4) is 0 Å². The molecule has 1 atom stereocenters. The summed E-state index contributed by atoms with van der Waals surface area (Å²) in [6, 6.07) is 17.5. The number of rotatable bonds is 7. The lowest BCUT2D eigenvalue weighted by Crippen LogP contribution is -2.54. The predicted octanol–water partition coefficient (Wildman–Crippen LogP) is 5.37. The Morgan fingerprint density at radius 3 is 2.42 bits per heavy atom. The van der Waals surface area contributed by atoms with Gasteiger partial charge in [-0.25, -0.2) is 9.59 Å². The molecule has 3 aromatic rings. The van der Waals surface area contributed by atoms with Crippen LogP contribution in [-0.2, 0) is 32.7 Å². The first-order chi connectivity index (χ1) is 18.9. The van der Waals surface area contributed by atoms with Gasteiger partial charge in [-0.2, -0.15) is 13.2 Å². The number of amides is 2. The molecule has 0 radical (unpaired) electrons. The smallest absolute Gasteiger partial charge is 0.417 e. The number of halogens is 3. The second-order valence-corrected chi connectivity index (χ2v) is 9.30. The first-order valence-electron chi connectivity index (χ1n) is 12.3. The zero-order chi connectivity index (χ0) is 29.1. The number of nitrogens with one attached hydrogen (secondary N) is 1. The molecule has 11 heteroatoms. The van der Waals surface area contributed by atoms with Gasteiger partial charge in [-0.15, -0.1) is 0 Å². The van der Waals surface area contributed by atoms with Crippen LogP contribution in [-0.4, -0.2) is 38.2 Å². The van der Waals surface area contributed by atoms with Gasteiger partial charge in [0.05, 0.1) is 23.9 Å². The number of hydrogen-bond acceptors (Lipinski definition) is 6. The second-order valence-electron chi connectivity index (χ2n) is 9.30. The Bertz CT molecular complexity index is 1430. The highest BCUT2D eigenvalue weighted by molar-refractivity contribution is 6.05. The number of esters is 1. The van der Waals surface area contributed by atoms with Crippen molar-refractivity contribution < 1.29 is 41.8 Å². The minimum Gasteiger partial charge on any atom is -0.471 e. The van der Waals surface area contributed by atoms with E-state index in [1.807, 2.05) is 6.07 Å². The summed E-state index contributed by atoms with van der Waals surface area (Å²) >= 11 is 0. The van der Waals surface area contributed by atoms with Gasteiger partial charge in [0.25, 0.3) is 5.91 Å². The Morgan fingerprint density at radius 2 is 1.77 bits per heavy atom. The van der Waals surface area contributed by atoms with Crippen molar-refractivity contribution in [2.24, 2.45) is 0 Å². The third-order valence-corrected chi connectivity index (χ3v) is 6.45. The van der Waals surface area contributed by atoms with Crippen LogP contribution in [0.25, 0.3) is 0 Å². The Hall–Kier alpha value is -4.54.